The van der Waals surface area contributed by atoms with E-state index in [0.717, 1.165) is 17.9 Å². The Labute approximate surface area is 118 Å². The molecule has 0 spiro atoms. The molecule has 0 saturated carbocycles. The zero-order chi connectivity index (χ0) is 13.7. The van der Waals surface area contributed by atoms with Crippen LogP contribution in [0.3, 0.4) is 0 Å². The van der Waals surface area contributed by atoms with Crippen LogP contribution in [0, 0.1) is 0 Å². The van der Waals surface area contributed by atoms with E-state index in [9.17, 15) is 0 Å². The zero-order valence-electron chi connectivity index (χ0n) is 11.5. The third kappa shape index (κ3) is 3.28. The van der Waals surface area contributed by atoms with Crippen LogP contribution in [-0.4, -0.2) is 19.2 Å². The number of hydrogen-bond acceptors (Lipinski definition) is 4. The van der Waals surface area contributed by atoms with Crippen molar-refractivity contribution < 1.29 is 9.57 Å². The van der Waals surface area contributed by atoms with Crippen molar-refractivity contribution in [3.05, 3.63) is 46.7 Å². The van der Waals surface area contributed by atoms with Crippen LogP contribution in [0.4, 0.5) is 0 Å². The number of para-hydroxylation sites is 2. The van der Waals surface area contributed by atoms with Gasteiger partial charge in [-0.25, -0.2) is 0 Å². The van der Waals surface area contributed by atoms with Crippen LogP contribution in [0.5, 0.6) is 11.5 Å². The molecule has 1 heterocycles. The van der Waals surface area contributed by atoms with Crippen molar-refractivity contribution in [2.75, 3.05) is 14.2 Å². The molecule has 1 unspecified atom stereocenters. The number of nitrogens with zero attached hydrogens (tertiary/aromatic N) is 1. The Balaban J connectivity index is 2.13. The maximum atomic E-state index is 5.93. The summed E-state index contributed by atoms with van der Waals surface area (Å²) in [5.41, 5.74) is 0. The van der Waals surface area contributed by atoms with Gasteiger partial charge >= 0.3 is 0 Å². The molecule has 19 heavy (non-hydrogen) atoms. The molecule has 4 heteroatoms. The van der Waals surface area contributed by atoms with Crippen LogP contribution in [0.25, 0.3) is 0 Å². The Hall–Kier alpha value is -1.52. The molecule has 0 bridgehead atoms. The van der Waals surface area contributed by atoms with E-state index in [1.165, 1.54) is 4.88 Å². The topological polar surface area (TPSA) is 21.7 Å². The van der Waals surface area contributed by atoms with Gasteiger partial charge < -0.3 is 9.57 Å². The van der Waals surface area contributed by atoms with Crippen molar-refractivity contribution in [1.29, 1.82) is 0 Å². The SMILES string of the molecule is CCC(c1cccs1)N(C)Oc1ccccc1OC. The summed E-state index contributed by atoms with van der Waals surface area (Å²) in [6, 6.07) is 12.1. The molecule has 0 aliphatic heterocycles. The van der Waals surface area contributed by atoms with Gasteiger partial charge in [0.1, 0.15) is 0 Å². The van der Waals surface area contributed by atoms with Crippen LogP contribution in [0.1, 0.15) is 24.3 Å². The van der Waals surface area contributed by atoms with Crippen molar-refractivity contribution in [3.8, 4) is 11.5 Å². The maximum absolute atomic E-state index is 5.93. The number of hydroxylamine groups is 2. The van der Waals surface area contributed by atoms with E-state index in [1.807, 2.05) is 36.4 Å². The van der Waals surface area contributed by atoms with Crippen molar-refractivity contribution in [3.63, 3.8) is 0 Å². The largest absolute Gasteiger partial charge is 0.493 e. The normalized spacial score (nSPS) is 12.4. The lowest BCUT2D eigenvalue weighted by molar-refractivity contribution is -0.0740. The highest BCUT2D eigenvalue weighted by molar-refractivity contribution is 7.10. The van der Waals surface area contributed by atoms with E-state index in [4.69, 9.17) is 9.57 Å². The molecule has 3 nitrogen and oxygen atoms in total. The number of thiophene rings is 1. The first kappa shape index (κ1) is 13.9. The summed E-state index contributed by atoms with van der Waals surface area (Å²) in [7, 11) is 3.61. The van der Waals surface area contributed by atoms with E-state index in [0.29, 0.717) is 0 Å². The maximum Gasteiger partial charge on any atom is 0.189 e. The van der Waals surface area contributed by atoms with Crippen molar-refractivity contribution >= 4 is 11.3 Å². The Morgan fingerprint density at radius 1 is 1.16 bits per heavy atom. The summed E-state index contributed by atoms with van der Waals surface area (Å²) in [5, 5.41) is 3.98. The monoisotopic (exact) mass is 277 g/mol. The fourth-order valence-corrected chi connectivity index (χ4v) is 2.97. The molecular formula is C15H19NO2S. The molecule has 0 radical (unpaired) electrons. The lowest BCUT2D eigenvalue weighted by atomic mass is 10.2. The predicted octanol–water partition coefficient (Wildman–Crippen LogP) is 4.13. The van der Waals surface area contributed by atoms with Crippen molar-refractivity contribution in [1.82, 2.24) is 5.06 Å². The highest BCUT2D eigenvalue weighted by Crippen LogP contribution is 2.31. The van der Waals surface area contributed by atoms with Gasteiger partial charge in [-0.1, -0.05) is 25.1 Å². The first-order valence-electron chi connectivity index (χ1n) is 6.33. The van der Waals surface area contributed by atoms with E-state index >= 15 is 0 Å². The number of rotatable bonds is 6. The van der Waals surface area contributed by atoms with Gasteiger partial charge in [-0.05, 0) is 30.0 Å². The standard InChI is InChI=1S/C15H19NO2S/c1-4-12(15-10-7-11-19-15)16(2)18-14-9-6-5-8-13(14)17-3/h5-12H,4H2,1-3H3. The minimum absolute atomic E-state index is 0.255. The number of ether oxygens (including phenoxy) is 1. The second-order valence-electron chi connectivity index (χ2n) is 4.23. The highest BCUT2D eigenvalue weighted by atomic mass is 32.1. The van der Waals surface area contributed by atoms with Crippen LogP contribution in [0.2, 0.25) is 0 Å². The third-order valence-corrected chi connectivity index (χ3v) is 3.98. The van der Waals surface area contributed by atoms with Gasteiger partial charge in [0, 0.05) is 11.9 Å². The van der Waals surface area contributed by atoms with E-state index in [2.05, 4.69) is 24.4 Å². The minimum Gasteiger partial charge on any atom is -0.493 e. The van der Waals surface area contributed by atoms with Crippen LogP contribution < -0.4 is 9.57 Å². The quantitative estimate of drug-likeness (QED) is 0.741. The minimum atomic E-state index is 0.255. The predicted molar refractivity (Wildman–Crippen MR) is 78.7 cm³/mol. The molecule has 102 valence electrons. The zero-order valence-corrected chi connectivity index (χ0v) is 12.3. The molecular weight excluding hydrogens is 258 g/mol. The van der Waals surface area contributed by atoms with E-state index < -0.39 is 0 Å². The average Bonchev–Trinajstić information content (AvgIpc) is 2.94. The molecule has 0 amide bonds. The lowest BCUT2D eigenvalue weighted by Crippen LogP contribution is -2.27. The Kier molecular flexibility index (Phi) is 4.82. The smallest absolute Gasteiger partial charge is 0.189 e. The first-order chi connectivity index (χ1) is 9.26. The first-order valence-corrected chi connectivity index (χ1v) is 7.21. The van der Waals surface area contributed by atoms with Crippen LogP contribution in [0.15, 0.2) is 41.8 Å². The van der Waals surface area contributed by atoms with Gasteiger partial charge in [0.15, 0.2) is 11.5 Å². The highest BCUT2D eigenvalue weighted by Gasteiger charge is 2.18. The number of benzene rings is 1. The van der Waals surface area contributed by atoms with Crippen LogP contribution in [-0.2, 0) is 0 Å². The second-order valence-corrected chi connectivity index (χ2v) is 5.21. The average molecular weight is 277 g/mol. The molecule has 1 aromatic carbocycles. The van der Waals surface area contributed by atoms with Crippen molar-refractivity contribution in [2.45, 2.75) is 19.4 Å². The lowest BCUT2D eigenvalue weighted by Gasteiger charge is -2.26. The molecule has 0 aliphatic carbocycles. The molecule has 0 saturated heterocycles. The fraction of sp³-hybridized carbons (Fsp3) is 0.333. The van der Waals surface area contributed by atoms with Gasteiger partial charge in [0.05, 0.1) is 13.2 Å². The molecule has 2 rings (SSSR count). The summed E-state index contributed by atoms with van der Waals surface area (Å²) in [6.07, 6.45) is 0.992. The van der Waals surface area contributed by atoms with Gasteiger partial charge in [0.2, 0.25) is 0 Å². The fourth-order valence-electron chi connectivity index (χ4n) is 2.03. The van der Waals surface area contributed by atoms with Crippen LogP contribution >= 0.6 is 11.3 Å². The van der Waals surface area contributed by atoms with Gasteiger partial charge in [-0.15, -0.1) is 16.4 Å². The summed E-state index contributed by atoms with van der Waals surface area (Å²) in [5.74, 6) is 1.48. The third-order valence-electron chi connectivity index (χ3n) is 3.01. The van der Waals surface area contributed by atoms with Gasteiger partial charge in [-0.3, -0.25) is 0 Å². The van der Waals surface area contributed by atoms with Gasteiger partial charge in [-0.2, -0.15) is 0 Å². The van der Waals surface area contributed by atoms with Gasteiger partial charge in [0.25, 0.3) is 0 Å². The number of methoxy groups -OCH3 is 1. The summed E-state index contributed by atoms with van der Waals surface area (Å²) in [4.78, 5) is 7.23. The molecule has 0 fully saturated rings. The summed E-state index contributed by atoms with van der Waals surface area (Å²) >= 11 is 1.75. The Bertz CT molecular complexity index is 499. The molecule has 1 atom stereocenters. The van der Waals surface area contributed by atoms with E-state index in [-0.39, 0.29) is 6.04 Å². The number of hydrogen-bond donors (Lipinski definition) is 0. The summed E-state index contributed by atoms with van der Waals surface area (Å²) in [6.45, 7) is 2.16. The van der Waals surface area contributed by atoms with Crippen molar-refractivity contribution in [2.24, 2.45) is 0 Å². The molecule has 0 N–H and O–H groups in total. The Morgan fingerprint density at radius 2 is 1.89 bits per heavy atom. The molecule has 1 aromatic heterocycles. The second kappa shape index (κ2) is 6.59. The van der Waals surface area contributed by atoms with E-state index in [1.54, 1.807) is 18.4 Å². The summed E-state index contributed by atoms with van der Waals surface area (Å²) < 4.78 is 5.30. The molecule has 2 aromatic rings. The Morgan fingerprint density at radius 3 is 2.47 bits per heavy atom. The molecule has 0 aliphatic rings.